The number of nitrogens with two attached hydrogens (primary N) is 2. The summed E-state index contributed by atoms with van der Waals surface area (Å²) in [5.74, 6) is 0.00796. The second-order valence-electron chi connectivity index (χ2n) is 2.14. The fourth-order valence-electron chi connectivity index (χ4n) is 0.707. The van der Waals surface area contributed by atoms with E-state index in [1.165, 1.54) is 0 Å². The Labute approximate surface area is 58.2 Å². The van der Waals surface area contributed by atoms with E-state index in [1.54, 1.807) is 13.0 Å². The SMILES string of the molecule is Cc1cc(C(N)=O)[nH]c1N. The van der Waals surface area contributed by atoms with Crippen LogP contribution >= 0.6 is 0 Å². The number of anilines is 1. The summed E-state index contributed by atoms with van der Waals surface area (Å²) >= 11 is 0. The first-order chi connectivity index (χ1) is 4.61. The molecule has 0 aliphatic rings. The quantitative estimate of drug-likeness (QED) is 0.511. The molecule has 0 aliphatic heterocycles. The Morgan fingerprint density at radius 2 is 2.30 bits per heavy atom. The van der Waals surface area contributed by atoms with E-state index in [0.29, 0.717) is 11.5 Å². The summed E-state index contributed by atoms with van der Waals surface area (Å²) < 4.78 is 0. The van der Waals surface area contributed by atoms with Crippen molar-refractivity contribution in [1.29, 1.82) is 0 Å². The molecule has 54 valence electrons. The van der Waals surface area contributed by atoms with Gasteiger partial charge in [0.25, 0.3) is 5.91 Å². The Bertz CT molecular complexity index is 244. The summed E-state index contributed by atoms with van der Waals surface area (Å²) in [7, 11) is 0. The van der Waals surface area contributed by atoms with Gasteiger partial charge in [-0.15, -0.1) is 0 Å². The third-order valence-corrected chi connectivity index (χ3v) is 1.32. The minimum Gasteiger partial charge on any atom is -0.385 e. The van der Waals surface area contributed by atoms with Gasteiger partial charge in [-0.2, -0.15) is 0 Å². The van der Waals surface area contributed by atoms with E-state index in [2.05, 4.69) is 4.98 Å². The molecule has 1 aromatic heterocycles. The molecule has 0 radical (unpaired) electrons. The first kappa shape index (κ1) is 6.67. The lowest BCUT2D eigenvalue weighted by molar-refractivity contribution is 0.0996. The lowest BCUT2D eigenvalue weighted by Crippen LogP contribution is -2.11. The predicted octanol–water partition coefficient (Wildman–Crippen LogP) is 0.00422. The van der Waals surface area contributed by atoms with Gasteiger partial charge in [0.05, 0.1) is 0 Å². The number of primary amides is 1. The van der Waals surface area contributed by atoms with Gasteiger partial charge in [0, 0.05) is 0 Å². The number of carbonyl (C=O) groups is 1. The summed E-state index contributed by atoms with van der Waals surface area (Å²) in [6.07, 6.45) is 0. The molecule has 0 spiro atoms. The number of rotatable bonds is 1. The molecule has 0 atom stereocenters. The number of aromatic amines is 1. The van der Waals surface area contributed by atoms with Crippen LogP contribution in [0.2, 0.25) is 0 Å². The van der Waals surface area contributed by atoms with Gasteiger partial charge in [-0.25, -0.2) is 0 Å². The molecular formula is C6H9N3O. The molecule has 0 fully saturated rings. The highest BCUT2D eigenvalue weighted by molar-refractivity contribution is 5.91. The van der Waals surface area contributed by atoms with Crippen molar-refractivity contribution in [2.75, 3.05) is 5.73 Å². The van der Waals surface area contributed by atoms with Crippen LogP contribution < -0.4 is 11.5 Å². The zero-order valence-electron chi connectivity index (χ0n) is 5.64. The fourth-order valence-corrected chi connectivity index (χ4v) is 0.707. The molecule has 0 aromatic carbocycles. The number of nitrogen functional groups attached to an aromatic ring is 1. The number of aromatic nitrogens is 1. The van der Waals surface area contributed by atoms with Gasteiger partial charge >= 0.3 is 0 Å². The molecular weight excluding hydrogens is 130 g/mol. The molecule has 0 aliphatic carbocycles. The fraction of sp³-hybridized carbons (Fsp3) is 0.167. The van der Waals surface area contributed by atoms with E-state index in [4.69, 9.17) is 11.5 Å². The van der Waals surface area contributed by atoms with Gasteiger partial charge in [0.2, 0.25) is 0 Å². The third-order valence-electron chi connectivity index (χ3n) is 1.32. The first-order valence-electron chi connectivity index (χ1n) is 2.86. The maximum Gasteiger partial charge on any atom is 0.265 e. The Morgan fingerprint density at radius 1 is 1.70 bits per heavy atom. The Morgan fingerprint density at radius 3 is 2.50 bits per heavy atom. The Hall–Kier alpha value is -1.45. The van der Waals surface area contributed by atoms with Crippen molar-refractivity contribution in [3.63, 3.8) is 0 Å². The molecule has 5 N–H and O–H groups in total. The molecule has 1 rings (SSSR count). The number of carbonyl (C=O) groups excluding carboxylic acids is 1. The monoisotopic (exact) mass is 139 g/mol. The highest BCUT2D eigenvalue weighted by Crippen LogP contribution is 2.09. The number of aryl methyl sites for hydroxylation is 1. The minimum absolute atomic E-state index is 0.356. The van der Waals surface area contributed by atoms with E-state index in [1.807, 2.05) is 0 Å². The van der Waals surface area contributed by atoms with E-state index >= 15 is 0 Å². The van der Waals surface area contributed by atoms with E-state index in [9.17, 15) is 4.79 Å². The maximum atomic E-state index is 10.5. The number of H-pyrrole nitrogens is 1. The van der Waals surface area contributed by atoms with E-state index in [-0.39, 0.29) is 0 Å². The topological polar surface area (TPSA) is 84.9 Å². The highest BCUT2D eigenvalue weighted by atomic mass is 16.1. The number of hydrogen-bond donors (Lipinski definition) is 3. The van der Waals surface area contributed by atoms with Gasteiger partial charge in [-0.3, -0.25) is 4.79 Å². The summed E-state index contributed by atoms with van der Waals surface area (Å²) in [4.78, 5) is 13.1. The van der Waals surface area contributed by atoms with Crippen LogP contribution in [-0.2, 0) is 0 Å². The largest absolute Gasteiger partial charge is 0.385 e. The zero-order valence-corrected chi connectivity index (χ0v) is 5.64. The first-order valence-corrected chi connectivity index (χ1v) is 2.86. The lowest BCUT2D eigenvalue weighted by Gasteiger charge is -1.85. The average Bonchev–Trinajstić information content (AvgIpc) is 2.13. The van der Waals surface area contributed by atoms with Crippen molar-refractivity contribution in [3.05, 3.63) is 17.3 Å². The van der Waals surface area contributed by atoms with Crippen LogP contribution in [0.25, 0.3) is 0 Å². The highest BCUT2D eigenvalue weighted by Gasteiger charge is 2.04. The standard InChI is InChI=1S/C6H9N3O/c1-3-2-4(6(8)10)9-5(3)7/h2,9H,7H2,1H3,(H2,8,10). The van der Waals surface area contributed by atoms with Crippen LogP contribution in [0, 0.1) is 6.92 Å². The molecule has 0 unspecified atom stereocenters. The second kappa shape index (κ2) is 2.06. The van der Waals surface area contributed by atoms with Gasteiger partial charge < -0.3 is 16.5 Å². The summed E-state index contributed by atoms with van der Waals surface area (Å²) in [6.45, 7) is 1.80. The molecule has 0 bridgehead atoms. The normalized spacial score (nSPS) is 9.70. The summed E-state index contributed by atoms with van der Waals surface area (Å²) in [5.41, 5.74) is 11.6. The number of hydrogen-bond acceptors (Lipinski definition) is 2. The molecule has 1 aromatic rings. The van der Waals surface area contributed by atoms with E-state index in [0.717, 1.165) is 5.56 Å². The molecule has 1 heterocycles. The van der Waals surface area contributed by atoms with Crippen LogP contribution in [0.4, 0.5) is 5.82 Å². The van der Waals surface area contributed by atoms with Crippen LogP contribution in [0.1, 0.15) is 16.1 Å². The minimum atomic E-state index is -0.486. The maximum absolute atomic E-state index is 10.5. The smallest absolute Gasteiger partial charge is 0.265 e. The summed E-state index contributed by atoms with van der Waals surface area (Å²) in [6, 6.07) is 1.62. The molecule has 0 saturated carbocycles. The van der Waals surface area contributed by atoms with Crippen molar-refractivity contribution >= 4 is 11.7 Å². The molecule has 10 heavy (non-hydrogen) atoms. The van der Waals surface area contributed by atoms with Gasteiger partial charge in [-0.05, 0) is 18.6 Å². The Balaban J connectivity index is 3.10. The van der Waals surface area contributed by atoms with Crippen molar-refractivity contribution in [2.24, 2.45) is 5.73 Å². The van der Waals surface area contributed by atoms with Gasteiger partial charge in [0.1, 0.15) is 11.5 Å². The zero-order chi connectivity index (χ0) is 7.72. The summed E-state index contributed by atoms with van der Waals surface area (Å²) in [5, 5.41) is 0. The van der Waals surface area contributed by atoms with Crippen molar-refractivity contribution in [2.45, 2.75) is 6.92 Å². The van der Waals surface area contributed by atoms with Crippen LogP contribution in [0.15, 0.2) is 6.07 Å². The Kier molecular flexibility index (Phi) is 1.37. The average molecular weight is 139 g/mol. The number of nitrogens with one attached hydrogen (secondary N) is 1. The predicted molar refractivity (Wildman–Crippen MR) is 38.5 cm³/mol. The lowest BCUT2D eigenvalue weighted by atomic mass is 10.3. The second-order valence-corrected chi connectivity index (χ2v) is 2.14. The van der Waals surface area contributed by atoms with Crippen molar-refractivity contribution in [1.82, 2.24) is 4.98 Å². The molecule has 4 heteroatoms. The third kappa shape index (κ3) is 0.953. The molecule has 0 saturated heterocycles. The van der Waals surface area contributed by atoms with E-state index < -0.39 is 5.91 Å². The van der Waals surface area contributed by atoms with Crippen molar-refractivity contribution in [3.8, 4) is 0 Å². The van der Waals surface area contributed by atoms with Crippen molar-refractivity contribution < 1.29 is 4.79 Å². The number of amides is 1. The van der Waals surface area contributed by atoms with Gasteiger partial charge in [-0.1, -0.05) is 0 Å². The van der Waals surface area contributed by atoms with Crippen LogP contribution in [-0.4, -0.2) is 10.9 Å². The van der Waals surface area contributed by atoms with Crippen LogP contribution in [0.3, 0.4) is 0 Å². The molecule has 4 nitrogen and oxygen atoms in total. The van der Waals surface area contributed by atoms with Crippen LogP contribution in [0.5, 0.6) is 0 Å². The van der Waals surface area contributed by atoms with Gasteiger partial charge in [0.15, 0.2) is 0 Å². The molecule has 1 amide bonds.